The molecule has 2 N–H and O–H groups in total. The SMILES string of the molecule is CN=C(NCCC(C)C)NC1CCN(c2cccs2)CC1.I. The highest BCUT2D eigenvalue weighted by molar-refractivity contribution is 14.0. The Balaban J connectivity index is 0.00000242. The molecular formula is C16H29IN4S. The number of hydrogen-bond donors (Lipinski definition) is 2. The summed E-state index contributed by atoms with van der Waals surface area (Å²) in [7, 11) is 1.85. The summed E-state index contributed by atoms with van der Waals surface area (Å²) in [5.41, 5.74) is 0. The van der Waals surface area contributed by atoms with Crippen molar-refractivity contribution in [3.63, 3.8) is 0 Å². The molecule has 6 heteroatoms. The Kier molecular flexibility index (Phi) is 9.16. The molecule has 0 aromatic carbocycles. The highest BCUT2D eigenvalue weighted by Crippen LogP contribution is 2.24. The maximum Gasteiger partial charge on any atom is 0.191 e. The van der Waals surface area contributed by atoms with Crippen molar-refractivity contribution in [3.8, 4) is 0 Å². The zero-order valence-corrected chi connectivity index (χ0v) is 17.0. The van der Waals surface area contributed by atoms with Gasteiger partial charge in [0, 0.05) is 32.7 Å². The molecule has 0 radical (unpaired) electrons. The van der Waals surface area contributed by atoms with Crippen molar-refractivity contribution in [1.82, 2.24) is 10.6 Å². The number of nitrogens with zero attached hydrogens (tertiary/aromatic N) is 2. The van der Waals surface area contributed by atoms with Crippen LogP contribution in [0.2, 0.25) is 0 Å². The molecule has 0 bridgehead atoms. The Bertz CT molecular complexity index is 425. The van der Waals surface area contributed by atoms with Crippen LogP contribution >= 0.6 is 35.3 Å². The lowest BCUT2D eigenvalue weighted by Crippen LogP contribution is -2.48. The minimum atomic E-state index is 0. The quantitative estimate of drug-likeness (QED) is 0.422. The minimum Gasteiger partial charge on any atom is -0.363 e. The van der Waals surface area contributed by atoms with Crippen molar-refractivity contribution in [2.24, 2.45) is 10.9 Å². The largest absolute Gasteiger partial charge is 0.363 e. The monoisotopic (exact) mass is 436 g/mol. The van der Waals surface area contributed by atoms with Crippen LogP contribution in [-0.4, -0.2) is 38.7 Å². The molecule has 2 heterocycles. The second kappa shape index (κ2) is 10.3. The zero-order valence-electron chi connectivity index (χ0n) is 13.8. The molecular weight excluding hydrogens is 407 g/mol. The Morgan fingerprint density at radius 1 is 1.41 bits per heavy atom. The van der Waals surface area contributed by atoms with Crippen LogP contribution in [0, 0.1) is 5.92 Å². The molecule has 4 nitrogen and oxygen atoms in total. The van der Waals surface area contributed by atoms with Gasteiger partial charge in [-0.2, -0.15) is 0 Å². The average molecular weight is 436 g/mol. The number of halogens is 1. The second-order valence-electron chi connectivity index (χ2n) is 6.04. The molecule has 0 atom stereocenters. The predicted octanol–water partition coefficient (Wildman–Crippen LogP) is 3.55. The summed E-state index contributed by atoms with van der Waals surface area (Å²) in [5, 5.41) is 10.5. The van der Waals surface area contributed by atoms with Gasteiger partial charge < -0.3 is 15.5 Å². The molecule has 1 aromatic heterocycles. The Morgan fingerprint density at radius 3 is 2.68 bits per heavy atom. The maximum atomic E-state index is 4.33. The third-order valence-electron chi connectivity index (χ3n) is 3.89. The Labute approximate surface area is 155 Å². The third-order valence-corrected chi connectivity index (χ3v) is 4.82. The van der Waals surface area contributed by atoms with Crippen LogP contribution in [-0.2, 0) is 0 Å². The summed E-state index contributed by atoms with van der Waals surface area (Å²) in [5.74, 6) is 1.68. The highest BCUT2D eigenvalue weighted by Gasteiger charge is 2.20. The van der Waals surface area contributed by atoms with Crippen molar-refractivity contribution in [3.05, 3.63) is 17.5 Å². The molecule has 0 spiro atoms. The number of thiophene rings is 1. The molecule has 1 saturated heterocycles. The fourth-order valence-corrected chi connectivity index (χ4v) is 3.35. The molecule has 0 aliphatic carbocycles. The van der Waals surface area contributed by atoms with Gasteiger partial charge in [0.05, 0.1) is 5.00 Å². The minimum absolute atomic E-state index is 0. The summed E-state index contributed by atoms with van der Waals surface area (Å²) in [6.45, 7) is 7.74. The molecule has 0 amide bonds. The molecule has 1 aliphatic rings. The molecule has 126 valence electrons. The second-order valence-corrected chi connectivity index (χ2v) is 6.96. The van der Waals surface area contributed by atoms with E-state index in [0.29, 0.717) is 6.04 Å². The number of piperidine rings is 1. The van der Waals surface area contributed by atoms with E-state index in [1.807, 2.05) is 18.4 Å². The number of guanidine groups is 1. The van der Waals surface area contributed by atoms with Gasteiger partial charge in [0.25, 0.3) is 0 Å². The number of rotatable bonds is 5. The van der Waals surface area contributed by atoms with Gasteiger partial charge in [-0.15, -0.1) is 35.3 Å². The molecule has 2 rings (SSSR count). The molecule has 1 aliphatic heterocycles. The first kappa shape index (κ1) is 19.5. The van der Waals surface area contributed by atoms with E-state index in [9.17, 15) is 0 Å². The standard InChI is InChI=1S/C16H28N4S.HI/c1-13(2)6-9-18-16(17-3)19-14-7-10-20(11-8-14)15-5-4-12-21-15;/h4-5,12-14H,6-11H2,1-3H3,(H2,17,18,19);1H. The summed E-state index contributed by atoms with van der Waals surface area (Å²) in [4.78, 5) is 6.81. The normalized spacial score (nSPS) is 16.5. The van der Waals surface area contributed by atoms with Crippen LogP contribution in [0.1, 0.15) is 33.1 Å². The van der Waals surface area contributed by atoms with Crippen LogP contribution in [0.5, 0.6) is 0 Å². The number of aliphatic imine (C=N–C) groups is 1. The van der Waals surface area contributed by atoms with E-state index in [4.69, 9.17) is 0 Å². The number of hydrogen-bond acceptors (Lipinski definition) is 3. The van der Waals surface area contributed by atoms with Gasteiger partial charge in [-0.1, -0.05) is 13.8 Å². The first-order valence-corrected chi connectivity index (χ1v) is 8.82. The third kappa shape index (κ3) is 6.32. The molecule has 22 heavy (non-hydrogen) atoms. The molecule has 0 saturated carbocycles. The van der Waals surface area contributed by atoms with Gasteiger partial charge in [0.1, 0.15) is 0 Å². The van der Waals surface area contributed by atoms with Gasteiger partial charge in [-0.25, -0.2) is 0 Å². The van der Waals surface area contributed by atoms with E-state index in [1.54, 1.807) is 0 Å². The highest BCUT2D eigenvalue weighted by atomic mass is 127. The van der Waals surface area contributed by atoms with E-state index < -0.39 is 0 Å². The van der Waals surface area contributed by atoms with Crippen LogP contribution < -0.4 is 15.5 Å². The van der Waals surface area contributed by atoms with Crippen molar-refractivity contribution in [1.29, 1.82) is 0 Å². The predicted molar refractivity (Wildman–Crippen MR) is 109 cm³/mol. The first-order valence-electron chi connectivity index (χ1n) is 7.94. The fraction of sp³-hybridized carbons (Fsp3) is 0.688. The van der Waals surface area contributed by atoms with Crippen molar-refractivity contribution < 1.29 is 0 Å². The maximum absolute atomic E-state index is 4.33. The first-order chi connectivity index (χ1) is 10.2. The van der Waals surface area contributed by atoms with E-state index >= 15 is 0 Å². The number of anilines is 1. The summed E-state index contributed by atoms with van der Waals surface area (Å²) in [6, 6.07) is 4.88. The van der Waals surface area contributed by atoms with Crippen LogP contribution in [0.25, 0.3) is 0 Å². The number of nitrogens with one attached hydrogen (secondary N) is 2. The summed E-state index contributed by atoms with van der Waals surface area (Å²) in [6.07, 6.45) is 3.52. The topological polar surface area (TPSA) is 39.7 Å². The van der Waals surface area contributed by atoms with Crippen molar-refractivity contribution in [2.45, 2.75) is 39.2 Å². The van der Waals surface area contributed by atoms with Gasteiger partial charge in [0.2, 0.25) is 0 Å². The zero-order chi connectivity index (χ0) is 15.1. The summed E-state index contributed by atoms with van der Waals surface area (Å²) >= 11 is 1.83. The lowest BCUT2D eigenvalue weighted by Gasteiger charge is -2.33. The van der Waals surface area contributed by atoms with E-state index in [2.05, 4.69) is 51.9 Å². The molecule has 0 unspecified atom stereocenters. The molecule has 1 fully saturated rings. The smallest absolute Gasteiger partial charge is 0.191 e. The van der Waals surface area contributed by atoms with E-state index in [-0.39, 0.29) is 24.0 Å². The van der Waals surface area contributed by atoms with E-state index in [0.717, 1.165) is 31.5 Å². The lowest BCUT2D eigenvalue weighted by molar-refractivity contribution is 0.461. The van der Waals surface area contributed by atoms with Gasteiger partial charge in [0.15, 0.2) is 5.96 Å². The van der Waals surface area contributed by atoms with Gasteiger partial charge >= 0.3 is 0 Å². The Hall–Kier alpha value is -0.500. The van der Waals surface area contributed by atoms with E-state index in [1.165, 1.54) is 24.3 Å². The summed E-state index contributed by atoms with van der Waals surface area (Å²) < 4.78 is 0. The molecule has 1 aromatic rings. The average Bonchev–Trinajstić information content (AvgIpc) is 3.01. The van der Waals surface area contributed by atoms with Gasteiger partial charge in [-0.3, -0.25) is 4.99 Å². The Morgan fingerprint density at radius 2 is 2.14 bits per heavy atom. The van der Waals surface area contributed by atoms with Crippen LogP contribution in [0.3, 0.4) is 0 Å². The lowest BCUT2D eigenvalue weighted by atomic mass is 10.1. The van der Waals surface area contributed by atoms with Crippen LogP contribution in [0.15, 0.2) is 22.5 Å². The van der Waals surface area contributed by atoms with Crippen molar-refractivity contribution >= 4 is 46.3 Å². The van der Waals surface area contributed by atoms with Gasteiger partial charge in [-0.05, 0) is 42.7 Å². The van der Waals surface area contributed by atoms with Crippen LogP contribution in [0.4, 0.5) is 5.00 Å². The van der Waals surface area contributed by atoms with Crippen molar-refractivity contribution in [2.75, 3.05) is 31.6 Å². The fourth-order valence-electron chi connectivity index (χ4n) is 2.56.